The number of sulfonamides is 1. The number of rotatable bonds is 4. The molecule has 0 atom stereocenters. The third kappa shape index (κ3) is 2.92. The number of hydrogen-bond donors (Lipinski definition) is 1. The average Bonchev–Trinajstić information content (AvgIpc) is 2.81. The van der Waals surface area contributed by atoms with Crippen LogP contribution in [0.4, 0.5) is 5.69 Å². The smallest absolute Gasteiger partial charge is 0.246 e. The van der Waals surface area contributed by atoms with Gasteiger partial charge in [-0.15, -0.1) is 11.3 Å². The molecule has 1 heterocycles. The molecule has 0 amide bonds. The van der Waals surface area contributed by atoms with E-state index in [2.05, 4.69) is 0 Å². The largest absolute Gasteiger partial charge is 0.398 e. The first kappa shape index (κ1) is 14.3. The van der Waals surface area contributed by atoms with Gasteiger partial charge in [-0.05, 0) is 23.6 Å². The van der Waals surface area contributed by atoms with Crippen LogP contribution in [0.3, 0.4) is 0 Å². The van der Waals surface area contributed by atoms with Crippen LogP contribution >= 0.6 is 22.9 Å². The molecule has 1 aromatic carbocycles. The van der Waals surface area contributed by atoms with Crippen LogP contribution in [-0.2, 0) is 16.6 Å². The van der Waals surface area contributed by atoms with Crippen molar-refractivity contribution in [1.29, 1.82) is 0 Å². The summed E-state index contributed by atoms with van der Waals surface area (Å²) in [5.74, 6) is 0. The maximum atomic E-state index is 12.5. The number of nitrogen functional groups attached to an aromatic ring is 1. The number of nitrogens with zero attached hydrogens (tertiary/aromatic N) is 1. The van der Waals surface area contributed by atoms with Gasteiger partial charge < -0.3 is 5.73 Å². The molecule has 0 unspecified atom stereocenters. The van der Waals surface area contributed by atoms with Crippen molar-refractivity contribution in [3.05, 3.63) is 45.6 Å². The van der Waals surface area contributed by atoms with Crippen LogP contribution in [-0.4, -0.2) is 19.8 Å². The van der Waals surface area contributed by atoms with Crippen LogP contribution in [0.25, 0.3) is 0 Å². The molecule has 0 saturated heterocycles. The third-order valence-electron chi connectivity index (χ3n) is 2.62. The minimum atomic E-state index is -3.69. The summed E-state index contributed by atoms with van der Waals surface area (Å²) in [6.07, 6.45) is 0. The van der Waals surface area contributed by atoms with Crippen molar-refractivity contribution < 1.29 is 8.42 Å². The van der Waals surface area contributed by atoms with Gasteiger partial charge in [-0.25, -0.2) is 8.42 Å². The molecule has 0 spiro atoms. The van der Waals surface area contributed by atoms with Crippen molar-refractivity contribution in [3.63, 3.8) is 0 Å². The zero-order valence-corrected chi connectivity index (χ0v) is 12.6. The second-order valence-corrected chi connectivity index (χ2v) is 7.42. The summed E-state index contributed by atoms with van der Waals surface area (Å²) >= 11 is 7.46. The lowest BCUT2D eigenvalue weighted by Crippen LogP contribution is -2.27. The lowest BCUT2D eigenvalue weighted by molar-refractivity contribution is 0.470. The van der Waals surface area contributed by atoms with Crippen molar-refractivity contribution >= 4 is 38.6 Å². The van der Waals surface area contributed by atoms with E-state index in [4.69, 9.17) is 17.3 Å². The Balaban J connectivity index is 2.37. The number of benzene rings is 1. The summed E-state index contributed by atoms with van der Waals surface area (Å²) in [6.45, 7) is 0.296. The number of thiophene rings is 1. The van der Waals surface area contributed by atoms with E-state index in [0.29, 0.717) is 6.54 Å². The molecule has 7 heteroatoms. The van der Waals surface area contributed by atoms with Crippen LogP contribution in [0.2, 0.25) is 5.02 Å². The summed E-state index contributed by atoms with van der Waals surface area (Å²) in [4.78, 5) is 0.924. The van der Waals surface area contributed by atoms with Gasteiger partial charge >= 0.3 is 0 Å². The molecule has 102 valence electrons. The Morgan fingerprint density at radius 1 is 1.32 bits per heavy atom. The first-order valence-electron chi connectivity index (χ1n) is 5.45. The zero-order valence-electron chi connectivity index (χ0n) is 10.2. The molecule has 0 saturated carbocycles. The minimum absolute atomic E-state index is 0.0317. The van der Waals surface area contributed by atoms with Crippen LogP contribution in [0, 0.1) is 0 Å². The summed E-state index contributed by atoms with van der Waals surface area (Å²) in [7, 11) is -2.18. The summed E-state index contributed by atoms with van der Waals surface area (Å²) in [5, 5.41) is 2.04. The van der Waals surface area contributed by atoms with Gasteiger partial charge in [0.2, 0.25) is 10.0 Å². The first-order chi connectivity index (χ1) is 8.93. The van der Waals surface area contributed by atoms with E-state index in [1.807, 2.05) is 17.5 Å². The Bertz CT molecular complexity index is 649. The van der Waals surface area contributed by atoms with Gasteiger partial charge in [0.15, 0.2) is 0 Å². The van der Waals surface area contributed by atoms with Crippen LogP contribution in [0.5, 0.6) is 0 Å². The quantitative estimate of drug-likeness (QED) is 0.882. The molecule has 0 aliphatic carbocycles. The second kappa shape index (κ2) is 5.50. The van der Waals surface area contributed by atoms with Gasteiger partial charge in [-0.2, -0.15) is 4.31 Å². The zero-order chi connectivity index (χ0) is 14.0. The number of nitrogens with two attached hydrogens (primary N) is 1. The molecular formula is C12H13ClN2O2S2. The van der Waals surface area contributed by atoms with Crippen LogP contribution < -0.4 is 5.73 Å². The summed E-state index contributed by atoms with van der Waals surface area (Å²) in [6, 6.07) is 8.43. The molecule has 0 radical (unpaired) electrons. The number of anilines is 1. The lowest BCUT2D eigenvalue weighted by atomic mass is 10.3. The maximum Gasteiger partial charge on any atom is 0.246 e. The van der Waals surface area contributed by atoms with E-state index in [-0.39, 0.29) is 15.6 Å². The van der Waals surface area contributed by atoms with Crippen molar-refractivity contribution in [3.8, 4) is 0 Å². The third-order valence-corrected chi connectivity index (χ3v) is 5.83. The highest BCUT2D eigenvalue weighted by atomic mass is 35.5. The Morgan fingerprint density at radius 2 is 2.05 bits per heavy atom. The van der Waals surface area contributed by atoms with Crippen molar-refractivity contribution in [2.24, 2.45) is 0 Å². The van der Waals surface area contributed by atoms with Gasteiger partial charge in [0.1, 0.15) is 4.90 Å². The van der Waals surface area contributed by atoms with Gasteiger partial charge in [0, 0.05) is 18.5 Å². The Labute approximate surface area is 121 Å². The Kier molecular flexibility index (Phi) is 4.15. The highest BCUT2D eigenvalue weighted by Gasteiger charge is 2.26. The van der Waals surface area contributed by atoms with Gasteiger partial charge in [0.05, 0.1) is 10.7 Å². The molecule has 0 aliphatic rings. The van der Waals surface area contributed by atoms with E-state index in [0.717, 1.165) is 4.88 Å². The fourth-order valence-corrected chi connectivity index (χ4v) is 4.27. The molecule has 0 aliphatic heterocycles. The highest BCUT2D eigenvalue weighted by molar-refractivity contribution is 7.89. The molecule has 2 aromatic rings. The van der Waals surface area contributed by atoms with Crippen molar-refractivity contribution in [2.75, 3.05) is 12.8 Å². The monoisotopic (exact) mass is 316 g/mol. The van der Waals surface area contributed by atoms with Gasteiger partial charge in [-0.3, -0.25) is 0 Å². The van der Waals surface area contributed by atoms with E-state index < -0.39 is 10.0 Å². The van der Waals surface area contributed by atoms with Crippen LogP contribution in [0.1, 0.15) is 4.88 Å². The molecule has 1 aromatic heterocycles. The van der Waals surface area contributed by atoms with E-state index in [9.17, 15) is 8.42 Å². The minimum Gasteiger partial charge on any atom is -0.398 e. The standard InChI is InChI=1S/C12H13ClN2O2S2/c1-15(8-9-4-3-7-18-9)19(16,17)12-10(13)5-2-6-11(12)14/h2-7H,8,14H2,1H3. The fraction of sp³-hybridized carbons (Fsp3) is 0.167. The lowest BCUT2D eigenvalue weighted by Gasteiger charge is -2.18. The molecular weight excluding hydrogens is 304 g/mol. The van der Waals surface area contributed by atoms with Gasteiger partial charge in [-0.1, -0.05) is 23.7 Å². The average molecular weight is 317 g/mol. The Hall–Kier alpha value is -1.08. The van der Waals surface area contributed by atoms with Crippen molar-refractivity contribution in [2.45, 2.75) is 11.4 Å². The van der Waals surface area contributed by atoms with Crippen LogP contribution in [0.15, 0.2) is 40.6 Å². The first-order valence-corrected chi connectivity index (χ1v) is 8.15. The van der Waals surface area contributed by atoms with Crippen molar-refractivity contribution in [1.82, 2.24) is 4.31 Å². The van der Waals surface area contributed by atoms with E-state index in [1.165, 1.54) is 34.8 Å². The number of hydrogen-bond acceptors (Lipinski definition) is 4. The molecule has 4 nitrogen and oxygen atoms in total. The molecule has 0 fully saturated rings. The maximum absolute atomic E-state index is 12.5. The highest BCUT2D eigenvalue weighted by Crippen LogP contribution is 2.30. The molecule has 0 bridgehead atoms. The predicted molar refractivity (Wildman–Crippen MR) is 78.8 cm³/mol. The van der Waals surface area contributed by atoms with E-state index >= 15 is 0 Å². The fourth-order valence-electron chi connectivity index (χ4n) is 1.66. The molecule has 2 N–H and O–H groups in total. The molecule has 2 rings (SSSR count). The Morgan fingerprint density at radius 3 is 2.63 bits per heavy atom. The second-order valence-electron chi connectivity index (χ2n) is 4.00. The summed E-state index contributed by atoms with van der Waals surface area (Å²) < 4.78 is 26.2. The topological polar surface area (TPSA) is 63.4 Å². The number of halogens is 1. The molecule has 19 heavy (non-hydrogen) atoms. The normalized spacial score (nSPS) is 11.9. The SMILES string of the molecule is CN(Cc1cccs1)S(=O)(=O)c1c(N)cccc1Cl. The van der Waals surface area contributed by atoms with Gasteiger partial charge in [0.25, 0.3) is 0 Å². The summed E-state index contributed by atoms with van der Waals surface area (Å²) in [5.41, 5.74) is 5.89. The van der Waals surface area contributed by atoms with E-state index in [1.54, 1.807) is 6.07 Å². The predicted octanol–water partition coefficient (Wildman–Crippen LogP) is 2.80.